The van der Waals surface area contributed by atoms with Gasteiger partial charge in [0, 0.05) is 0 Å². The minimum absolute atomic E-state index is 0.275. The summed E-state index contributed by atoms with van der Waals surface area (Å²) in [6, 6.07) is 2.36. The summed E-state index contributed by atoms with van der Waals surface area (Å²) in [5, 5.41) is 12.2. The quantitative estimate of drug-likeness (QED) is 0.650. The average molecular weight is 176 g/mol. The molecule has 13 heavy (non-hydrogen) atoms. The lowest BCUT2D eigenvalue weighted by atomic mass is 9.88. The van der Waals surface area contributed by atoms with Crippen LogP contribution in [0.4, 0.5) is 0 Å². The van der Waals surface area contributed by atoms with Crippen molar-refractivity contribution < 1.29 is 0 Å². The lowest BCUT2D eigenvalue weighted by molar-refractivity contribution is 0.341. The number of rotatable bonds is 2. The van der Waals surface area contributed by atoms with E-state index in [0.717, 1.165) is 19.3 Å². The van der Waals surface area contributed by atoms with E-state index in [0.29, 0.717) is 6.54 Å². The molecule has 0 aromatic rings. The van der Waals surface area contributed by atoms with Crippen LogP contribution in [0, 0.1) is 29.1 Å². The zero-order chi connectivity index (χ0) is 9.95. The van der Waals surface area contributed by atoms with Crippen LogP contribution in [0.2, 0.25) is 0 Å². The summed E-state index contributed by atoms with van der Waals surface area (Å²) in [4.78, 5) is 0. The van der Waals surface area contributed by atoms with E-state index < -0.39 is 0 Å². The molecule has 70 valence electrons. The summed E-state index contributed by atoms with van der Waals surface area (Å²) in [5.74, 6) is 2.52. The molecule has 1 aliphatic carbocycles. The van der Waals surface area contributed by atoms with Crippen molar-refractivity contribution in [3.05, 3.63) is 0 Å². The van der Waals surface area contributed by atoms with Crippen molar-refractivity contribution in [1.82, 2.24) is 5.32 Å². The van der Waals surface area contributed by atoms with Gasteiger partial charge in [0.2, 0.25) is 0 Å². The summed E-state index contributed by atoms with van der Waals surface area (Å²) >= 11 is 0. The summed E-state index contributed by atoms with van der Waals surface area (Å²) in [5.41, 5.74) is -0.0901. The molecule has 0 radical (unpaired) electrons. The molecule has 0 saturated heterocycles. The first-order valence-electron chi connectivity index (χ1n) is 4.63. The molecule has 1 fully saturated rings. The molecular weight excluding hydrogens is 160 g/mol. The fraction of sp³-hybridized carbons (Fsp3) is 0.727. The summed E-state index contributed by atoms with van der Waals surface area (Å²) < 4.78 is 0. The van der Waals surface area contributed by atoms with Crippen LogP contribution in [0.25, 0.3) is 0 Å². The maximum absolute atomic E-state index is 9.09. The van der Waals surface area contributed by atoms with Gasteiger partial charge in [0.25, 0.3) is 0 Å². The third kappa shape index (κ3) is 2.23. The van der Waals surface area contributed by atoms with Gasteiger partial charge in [0.15, 0.2) is 0 Å². The monoisotopic (exact) mass is 176 g/mol. The fourth-order valence-corrected chi connectivity index (χ4v) is 2.05. The number of hydrogen-bond acceptors (Lipinski definition) is 2. The molecule has 0 amide bonds. The Bertz CT molecular complexity index is 267. The molecule has 2 nitrogen and oxygen atoms in total. The smallest absolute Gasteiger partial charge is 0.108 e. The van der Waals surface area contributed by atoms with Gasteiger partial charge in [-0.25, -0.2) is 0 Å². The topological polar surface area (TPSA) is 35.8 Å². The largest absolute Gasteiger partial charge is 0.288 e. The van der Waals surface area contributed by atoms with Crippen LogP contribution in [0.3, 0.4) is 0 Å². The van der Waals surface area contributed by atoms with Gasteiger partial charge in [-0.05, 0) is 24.7 Å². The van der Waals surface area contributed by atoms with Crippen molar-refractivity contribution in [2.45, 2.75) is 38.6 Å². The van der Waals surface area contributed by atoms with E-state index in [2.05, 4.69) is 31.2 Å². The second-order valence-corrected chi connectivity index (χ2v) is 4.59. The third-order valence-electron chi connectivity index (χ3n) is 2.75. The van der Waals surface area contributed by atoms with Crippen molar-refractivity contribution in [2.75, 3.05) is 6.54 Å². The molecule has 1 N–H and O–H groups in total. The highest BCUT2D eigenvalue weighted by Gasteiger charge is 2.42. The molecule has 2 heteroatoms. The first-order valence-corrected chi connectivity index (χ1v) is 4.63. The van der Waals surface area contributed by atoms with Crippen molar-refractivity contribution >= 4 is 0 Å². The second kappa shape index (κ2) is 3.40. The number of nitrogens with one attached hydrogen (secondary N) is 1. The van der Waals surface area contributed by atoms with Gasteiger partial charge in [-0.3, -0.25) is 5.32 Å². The number of hydrogen-bond donors (Lipinski definition) is 1. The van der Waals surface area contributed by atoms with E-state index in [1.807, 2.05) is 0 Å². The van der Waals surface area contributed by atoms with Crippen molar-refractivity contribution in [2.24, 2.45) is 5.41 Å². The van der Waals surface area contributed by atoms with Crippen LogP contribution in [-0.4, -0.2) is 12.1 Å². The van der Waals surface area contributed by atoms with Crippen LogP contribution in [0.15, 0.2) is 0 Å². The first-order chi connectivity index (χ1) is 6.04. The highest BCUT2D eigenvalue weighted by molar-refractivity contribution is 5.14. The molecule has 1 rings (SSSR count). The Morgan fingerprint density at radius 2 is 2.15 bits per heavy atom. The Labute approximate surface area is 80.3 Å². The molecule has 1 saturated carbocycles. The SMILES string of the molecule is C#CCNC1(C#N)CCC(C)(C)C1. The third-order valence-corrected chi connectivity index (χ3v) is 2.75. The van der Waals surface area contributed by atoms with Gasteiger partial charge in [-0.1, -0.05) is 19.8 Å². The van der Waals surface area contributed by atoms with Gasteiger partial charge < -0.3 is 0 Å². The number of nitrogens with zero attached hydrogens (tertiary/aromatic N) is 1. The van der Waals surface area contributed by atoms with E-state index in [-0.39, 0.29) is 11.0 Å². The summed E-state index contributed by atoms with van der Waals surface area (Å²) in [7, 11) is 0. The Kier molecular flexibility index (Phi) is 2.64. The summed E-state index contributed by atoms with van der Waals surface area (Å²) in [6.07, 6.45) is 8.08. The van der Waals surface area contributed by atoms with E-state index in [9.17, 15) is 0 Å². The fourth-order valence-electron chi connectivity index (χ4n) is 2.05. The van der Waals surface area contributed by atoms with Crippen molar-refractivity contribution in [3.63, 3.8) is 0 Å². The number of nitriles is 1. The predicted octanol–water partition coefficient (Wildman–Crippen LogP) is 1.68. The van der Waals surface area contributed by atoms with Gasteiger partial charge in [0.1, 0.15) is 5.54 Å². The lowest BCUT2D eigenvalue weighted by Gasteiger charge is -2.23. The predicted molar refractivity (Wildman–Crippen MR) is 52.8 cm³/mol. The van der Waals surface area contributed by atoms with Crippen LogP contribution >= 0.6 is 0 Å². The molecule has 0 bridgehead atoms. The normalized spacial score (nSPS) is 30.8. The molecule has 0 spiro atoms. The second-order valence-electron chi connectivity index (χ2n) is 4.59. The molecule has 0 aromatic heterocycles. The zero-order valence-corrected chi connectivity index (χ0v) is 8.35. The van der Waals surface area contributed by atoms with Gasteiger partial charge in [-0.15, -0.1) is 6.42 Å². The van der Waals surface area contributed by atoms with Crippen molar-refractivity contribution in [1.29, 1.82) is 5.26 Å². The highest BCUT2D eigenvalue weighted by atomic mass is 15.0. The molecule has 1 aliphatic rings. The van der Waals surface area contributed by atoms with Gasteiger partial charge in [-0.2, -0.15) is 5.26 Å². The first kappa shape index (κ1) is 10.1. The zero-order valence-electron chi connectivity index (χ0n) is 8.35. The van der Waals surface area contributed by atoms with Gasteiger partial charge in [0.05, 0.1) is 12.6 Å². The molecule has 0 aromatic carbocycles. The van der Waals surface area contributed by atoms with Crippen LogP contribution in [-0.2, 0) is 0 Å². The van der Waals surface area contributed by atoms with E-state index in [1.165, 1.54) is 0 Å². The van der Waals surface area contributed by atoms with Gasteiger partial charge >= 0.3 is 0 Å². The summed E-state index contributed by atoms with van der Waals surface area (Å²) in [6.45, 7) is 4.89. The minimum Gasteiger partial charge on any atom is -0.288 e. The average Bonchev–Trinajstić information content (AvgIpc) is 2.40. The Morgan fingerprint density at radius 3 is 2.54 bits per heavy atom. The number of terminal acetylenes is 1. The van der Waals surface area contributed by atoms with E-state index >= 15 is 0 Å². The standard InChI is InChI=1S/C11H16N2/c1-4-7-13-11(9-12)6-5-10(2,3)8-11/h1,13H,5-8H2,2-3H3. The van der Waals surface area contributed by atoms with Crippen LogP contribution in [0.5, 0.6) is 0 Å². The molecule has 0 aliphatic heterocycles. The maximum Gasteiger partial charge on any atom is 0.108 e. The Hall–Kier alpha value is -0.990. The highest BCUT2D eigenvalue weighted by Crippen LogP contribution is 2.43. The van der Waals surface area contributed by atoms with Crippen molar-refractivity contribution in [3.8, 4) is 18.4 Å². The van der Waals surface area contributed by atoms with E-state index in [4.69, 9.17) is 11.7 Å². The molecule has 1 atom stereocenters. The minimum atomic E-state index is -0.365. The lowest BCUT2D eigenvalue weighted by Crippen LogP contribution is -2.42. The molecular formula is C11H16N2. The molecule has 1 unspecified atom stereocenters. The Balaban J connectivity index is 2.66. The van der Waals surface area contributed by atoms with Crippen LogP contribution in [0.1, 0.15) is 33.1 Å². The van der Waals surface area contributed by atoms with Crippen LogP contribution < -0.4 is 5.32 Å². The Morgan fingerprint density at radius 1 is 1.46 bits per heavy atom. The maximum atomic E-state index is 9.09. The molecule has 0 heterocycles. The van der Waals surface area contributed by atoms with E-state index in [1.54, 1.807) is 0 Å².